The maximum atomic E-state index is 2.26. The molecule has 0 bridgehead atoms. The minimum absolute atomic E-state index is 0. The van der Waals surface area contributed by atoms with Crippen molar-refractivity contribution in [2.24, 2.45) is 0 Å². The van der Waals surface area contributed by atoms with Crippen LogP contribution in [0.15, 0.2) is 29.8 Å². The molecular formula is C10H11Br. The fraction of sp³-hybridized carbons (Fsp3) is 0.200. The van der Waals surface area contributed by atoms with Gasteiger partial charge in [-0.2, -0.15) is 0 Å². The molecule has 0 unspecified atom stereocenters. The Labute approximate surface area is 77.7 Å². The van der Waals surface area contributed by atoms with E-state index >= 15 is 0 Å². The van der Waals surface area contributed by atoms with Crippen LogP contribution in [-0.2, 0) is 6.42 Å². The van der Waals surface area contributed by atoms with Gasteiger partial charge in [0.2, 0.25) is 0 Å². The van der Waals surface area contributed by atoms with Gasteiger partial charge in [0.25, 0.3) is 0 Å². The lowest BCUT2D eigenvalue weighted by Gasteiger charge is -1.93. The highest BCUT2D eigenvalue weighted by molar-refractivity contribution is 8.93. The zero-order valence-corrected chi connectivity index (χ0v) is 8.22. The van der Waals surface area contributed by atoms with Gasteiger partial charge in [-0.05, 0) is 24.5 Å². The van der Waals surface area contributed by atoms with Crippen LogP contribution in [0, 0.1) is 0 Å². The van der Waals surface area contributed by atoms with Crippen molar-refractivity contribution in [3.8, 4) is 0 Å². The van der Waals surface area contributed by atoms with Crippen LogP contribution in [-0.4, -0.2) is 0 Å². The quantitative estimate of drug-likeness (QED) is 0.618. The third-order valence-corrected chi connectivity index (χ3v) is 1.93. The minimum Gasteiger partial charge on any atom is -0.114 e. The van der Waals surface area contributed by atoms with Crippen molar-refractivity contribution in [1.29, 1.82) is 0 Å². The molecule has 0 aromatic heterocycles. The summed E-state index contributed by atoms with van der Waals surface area (Å²) in [5, 5.41) is 0. The molecule has 0 N–H and O–H groups in total. The third kappa shape index (κ3) is 1.54. The largest absolute Gasteiger partial charge is 0.114 e. The molecule has 1 aliphatic carbocycles. The molecule has 1 aromatic carbocycles. The fourth-order valence-electron chi connectivity index (χ4n) is 1.45. The van der Waals surface area contributed by atoms with E-state index in [-0.39, 0.29) is 17.0 Å². The summed E-state index contributed by atoms with van der Waals surface area (Å²) in [7, 11) is 0. The van der Waals surface area contributed by atoms with Crippen molar-refractivity contribution in [2.45, 2.75) is 13.3 Å². The van der Waals surface area contributed by atoms with Crippen LogP contribution in [0.25, 0.3) is 6.08 Å². The van der Waals surface area contributed by atoms with Crippen LogP contribution in [0.2, 0.25) is 0 Å². The lowest BCUT2D eigenvalue weighted by molar-refractivity contribution is 1.20. The van der Waals surface area contributed by atoms with Crippen molar-refractivity contribution in [1.82, 2.24) is 0 Å². The Morgan fingerprint density at radius 3 is 2.64 bits per heavy atom. The Morgan fingerprint density at radius 2 is 1.91 bits per heavy atom. The SMILES string of the molecule is Br.CC1=Cc2ccccc2C1. The zero-order chi connectivity index (χ0) is 6.97. The Balaban J connectivity index is 0.000000605. The van der Waals surface area contributed by atoms with Gasteiger partial charge in [0, 0.05) is 0 Å². The molecule has 0 amide bonds. The van der Waals surface area contributed by atoms with Gasteiger partial charge in [-0.25, -0.2) is 0 Å². The third-order valence-electron chi connectivity index (χ3n) is 1.93. The van der Waals surface area contributed by atoms with Gasteiger partial charge in [-0.3, -0.25) is 0 Å². The summed E-state index contributed by atoms with van der Waals surface area (Å²) >= 11 is 0. The summed E-state index contributed by atoms with van der Waals surface area (Å²) in [5.74, 6) is 0. The highest BCUT2D eigenvalue weighted by Crippen LogP contribution is 2.23. The molecule has 1 aromatic rings. The number of allylic oxidation sites excluding steroid dienone is 1. The van der Waals surface area contributed by atoms with Crippen LogP contribution >= 0.6 is 17.0 Å². The van der Waals surface area contributed by atoms with E-state index in [1.54, 1.807) is 0 Å². The first kappa shape index (κ1) is 8.54. The van der Waals surface area contributed by atoms with Gasteiger partial charge in [0.1, 0.15) is 0 Å². The highest BCUT2D eigenvalue weighted by atomic mass is 79.9. The highest BCUT2D eigenvalue weighted by Gasteiger charge is 2.06. The summed E-state index contributed by atoms with van der Waals surface area (Å²) in [5.41, 5.74) is 4.35. The first-order valence-corrected chi connectivity index (χ1v) is 3.61. The molecule has 0 aliphatic heterocycles. The topological polar surface area (TPSA) is 0 Å². The molecule has 0 saturated carbocycles. The zero-order valence-electron chi connectivity index (χ0n) is 6.50. The average molecular weight is 211 g/mol. The standard InChI is InChI=1S/C10H10.BrH/c1-8-6-9-4-2-3-5-10(9)7-8;/h2-6H,7H2,1H3;1H. The minimum atomic E-state index is 0. The number of rotatable bonds is 0. The Hall–Kier alpha value is -0.560. The van der Waals surface area contributed by atoms with Gasteiger partial charge in [0.05, 0.1) is 0 Å². The van der Waals surface area contributed by atoms with E-state index in [0.29, 0.717) is 0 Å². The summed E-state index contributed by atoms with van der Waals surface area (Å²) < 4.78 is 0. The summed E-state index contributed by atoms with van der Waals surface area (Å²) in [6, 6.07) is 8.56. The molecule has 0 radical (unpaired) electrons. The first-order chi connectivity index (χ1) is 4.86. The Kier molecular flexibility index (Phi) is 2.50. The molecule has 0 fully saturated rings. The molecule has 58 valence electrons. The fourth-order valence-corrected chi connectivity index (χ4v) is 1.45. The van der Waals surface area contributed by atoms with E-state index < -0.39 is 0 Å². The maximum Gasteiger partial charge on any atom is -0.00606 e. The van der Waals surface area contributed by atoms with Crippen LogP contribution in [0.5, 0.6) is 0 Å². The monoisotopic (exact) mass is 210 g/mol. The summed E-state index contributed by atoms with van der Waals surface area (Å²) in [6.45, 7) is 2.18. The average Bonchev–Trinajstić information content (AvgIpc) is 2.27. The van der Waals surface area contributed by atoms with Crippen LogP contribution in [0.4, 0.5) is 0 Å². The van der Waals surface area contributed by atoms with Gasteiger partial charge in [0.15, 0.2) is 0 Å². The summed E-state index contributed by atoms with van der Waals surface area (Å²) in [6.07, 6.45) is 3.41. The predicted molar refractivity (Wildman–Crippen MR) is 54.1 cm³/mol. The van der Waals surface area contributed by atoms with Crippen molar-refractivity contribution in [3.05, 3.63) is 41.0 Å². The van der Waals surface area contributed by atoms with Crippen LogP contribution < -0.4 is 0 Å². The van der Waals surface area contributed by atoms with Gasteiger partial charge in [-0.1, -0.05) is 35.9 Å². The van der Waals surface area contributed by atoms with Gasteiger partial charge in [-0.15, -0.1) is 17.0 Å². The number of fused-ring (bicyclic) bond motifs is 1. The second-order valence-electron chi connectivity index (χ2n) is 2.87. The van der Waals surface area contributed by atoms with E-state index in [9.17, 15) is 0 Å². The Bertz CT molecular complexity index is 287. The number of hydrogen-bond donors (Lipinski definition) is 0. The van der Waals surface area contributed by atoms with Crippen LogP contribution in [0.1, 0.15) is 18.1 Å². The molecular weight excluding hydrogens is 200 g/mol. The van der Waals surface area contributed by atoms with E-state index in [4.69, 9.17) is 0 Å². The molecule has 0 nitrogen and oxygen atoms in total. The second-order valence-corrected chi connectivity index (χ2v) is 2.87. The molecule has 0 saturated heterocycles. The molecule has 0 atom stereocenters. The van der Waals surface area contributed by atoms with E-state index in [1.807, 2.05) is 0 Å². The maximum absolute atomic E-state index is 2.26. The smallest absolute Gasteiger partial charge is 0.00606 e. The van der Waals surface area contributed by atoms with Crippen molar-refractivity contribution in [3.63, 3.8) is 0 Å². The van der Waals surface area contributed by atoms with Crippen LogP contribution in [0.3, 0.4) is 0 Å². The normalized spacial score (nSPS) is 13.4. The molecule has 11 heavy (non-hydrogen) atoms. The number of benzene rings is 1. The van der Waals surface area contributed by atoms with E-state index in [1.165, 1.54) is 16.7 Å². The van der Waals surface area contributed by atoms with Crippen molar-refractivity contribution < 1.29 is 0 Å². The molecule has 1 heteroatoms. The predicted octanol–water partition coefficient (Wildman–Crippen LogP) is 3.22. The van der Waals surface area contributed by atoms with Gasteiger partial charge >= 0.3 is 0 Å². The molecule has 0 heterocycles. The molecule has 2 rings (SSSR count). The number of hydrogen-bond acceptors (Lipinski definition) is 0. The second kappa shape index (κ2) is 3.22. The first-order valence-electron chi connectivity index (χ1n) is 3.61. The molecule has 1 aliphatic rings. The van der Waals surface area contributed by atoms with E-state index in [2.05, 4.69) is 37.3 Å². The van der Waals surface area contributed by atoms with Crippen molar-refractivity contribution in [2.75, 3.05) is 0 Å². The Morgan fingerprint density at radius 1 is 1.18 bits per heavy atom. The van der Waals surface area contributed by atoms with Crippen molar-refractivity contribution >= 4 is 23.1 Å². The summed E-state index contributed by atoms with van der Waals surface area (Å²) in [4.78, 5) is 0. The lowest BCUT2D eigenvalue weighted by atomic mass is 10.1. The van der Waals surface area contributed by atoms with Gasteiger partial charge < -0.3 is 0 Å². The lowest BCUT2D eigenvalue weighted by Crippen LogP contribution is -1.79. The van der Waals surface area contributed by atoms with E-state index in [0.717, 1.165) is 6.42 Å². The molecule has 0 spiro atoms. The number of halogens is 1.